The van der Waals surface area contributed by atoms with Gasteiger partial charge >= 0.3 is 0 Å². The zero-order valence-electron chi connectivity index (χ0n) is 13.5. The molecule has 0 saturated heterocycles. The molecule has 0 rings (SSSR count). The molecule has 1 unspecified atom stereocenters. The molecule has 0 saturated carbocycles. The topological polar surface area (TPSA) is 15.3 Å². The maximum atomic E-state index is 3.57. The molecule has 2 nitrogen and oxygen atoms in total. The van der Waals surface area contributed by atoms with E-state index in [4.69, 9.17) is 0 Å². The van der Waals surface area contributed by atoms with Gasteiger partial charge in [0.2, 0.25) is 0 Å². The normalized spacial score (nSPS) is 13.5. The summed E-state index contributed by atoms with van der Waals surface area (Å²) in [5, 5.41) is 3.57. The fourth-order valence-corrected chi connectivity index (χ4v) is 2.40. The van der Waals surface area contributed by atoms with Crippen molar-refractivity contribution in [3.05, 3.63) is 0 Å². The highest BCUT2D eigenvalue weighted by Gasteiger charge is 2.10. The smallest absolute Gasteiger partial charge is 0.00391 e. The van der Waals surface area contributed by atoms with Crippen LogP contribution in [-0.4, -0.2) is 37.1 Å². The average Bonchev–Trinajstić information content (AvgIpc) is 2.40. The fraction of sp³-hybridized carbons (Fsp3) is 1.00. The van der Waals surface area contributed by atoms with Crippen LogP contribution in [0.2, 0.25) is 0 Å². The molecule has 0 heterocycles. The number of nitrogens with one attached hydrogen (secondary N) is 1. The van der Waals surface area contributed by atoms with Crippen molar-refractivity contribution in [2.45, 2.75) is 72.8 Å². The highest BCUT2D eigenvalue weighted by molar-refractivity contribution is 4.66. The Hall–Kier alpha value is -0.0800. The van der Waals surface area contributed by atoms with Crippen molar-refractivity contribution in [1.82, 2.24) is 10.2 Å². The molecule has 110 valence electrons. The molecule has 0 fully saturated rings. The van der Waals surface area contributed by atoms with E-state index in [2.05, 4.69) is 44.8 Å². The molecule has 0 spiro atoms. The summed E-state index contributed by atoms with van der Waals surface area (Å²) < 4.78 is 0. The quantitative estimate of drug-likeness (QED) is 0.569. The number of hydrogen-bond acceptors (Lipinski definition) is 2. The first-order valence-corrected chi connectivity index (χ1v) is 8.13. The van der Waals surface area contributed by atoms with Crippen LogP contribution in [0.4, 0.5) is 0 Å². The van der Waals surface area contributed by atoms with Crippen molar-refractivity contribution < 1.29 is 0 Å². The van der Waals surface area contributed by atoms with Gasteiger partial charge in [0.1, 0.15) is 0 Å². The van der Waals surface area contributed by atoms with Crippen molar-refractivity contribution in [3.63, 3.8) is 0 Å². The SMILES string of the molecule is CCCNC(C)CCCN(CC)CC(CC)CC. The van der Waals surface area contributed by atoms with Gasteiger partial charge in [0.25, 0.3) is 0 Å². The van der Waals surface area contributed by atoms with E-state index >= 15 is 0 Å². The first-order valence-electron chi connectivity index (χ1n) is 8.13. The minimum atomic E-state index is 0.678. The Labute approximate surface area is 116 Å². The van der Waals surface area contributed by atoms with E-state index < -0.39 is 0 Å². The Bertz CT molecular complexity index is 166. The number of nitrogens with zero attached hydrogens (tertiary/aromatic N) is 1. The second kappa shape index (κ2) is 12.0. The fourth-order valence-electron chi connectivity index (χ4n) is 2.40. The Morgan fingerprint density at radius 1 is 1.06 bits per heavy atom. The second-order valence-corrected chi connectivity index (χ2v) is 5.57. The van der Waals surface area contributed by atoms with Crippen LogP contribution in [-0.2, 0) is 0 Å². The number of rotatable bonds is 12. The van der Waals surface area contributed by atoms with Crippen LogP contribution in [0.3, 0.4) is 0 Å². The van der Waals surface area contributed by atoms with E-state index in [1.807, 2.05) is 0 Å². The molecule has 0 aromatic rings. The van der Waals surface area contributed by atoms with Gasteiger partial charge in [-0.2, -0.15) is 0 Å². The maximum Gasteiger partial charge on any atom is 0.00391 e. The third kappa shape index (κ3) is 8.93. The van der Waals surface area contributed by atoms with Gasteiger partial charge in [-0.1, -0.05) is 40.5 Å². The molecular formula is C16H36N2. The zero-order chi connectivity index (χ0) is 13.8. The monoisotopic (exact) mass is 256 g/mol. The van der Waals surface area contributed by atoms with E-state index in [9.17, 15) is 0 Å². The van der Waals surface area contributed by atoms with Crippen molar-refractivity contribution in [3.8, 4) is 0 Å². The third-order valence-corrected chi connectivity index (χ3v) is 3.97. The van der Waals surface area contributed by atoms with Crippen LogP contribution in [0.1, 0.15) is 66.7 Å². The summed E-state index contributed by atoms with van der Waals surface area (Å²) >= 11 is 0. The predicted octanol–water partition coefficient (Wildman–Crippen LogP) is 3.91. The molecule has 0 aliphatic carbocycles. The molecule has 0 aliphatic heterocycles. The van der Waals surface area contributed by atoms with Gasteiger partial charge in [-0.05, 0) is 51.7 Å². The second-order valence-electron chi connectivity index (χ2n) is 5.57. The van der Waals surface area contributed by atoms with Crippen molar-refractivity contribution in [2.75, 3.05) is 26.2 Å². The largest absolute Gasteiger partial charge is 0.314 e. The molecule has 0 radical (unpaired) electrons. The molecule has 0 amide bonds. The van der Waals surface area contributed by atoms with Gasteiger partial charge in [0, 0.05) is 12.6 Å². The standard InChI is InChI=1S/C16H36N2/c1-6-12-17-15(5)11-10-13-18(9-4)14-16(7-2)8-3/h15-17H,6-14H2,1-5H3. The molecular weight excluding hydrogens is 220 g/mol. The summed E-state index contributed by atoms with van der Waals surface area (Å²) in [6.45, 7) is 16.4. The van der Waals surface area contributed by atoms with E-state index in [0.717, 1.165) is 12.5 Å². The highest BCUT2D eigenvalue weighted by atomic mass is 15.1. The minimum Gasteiger partial charge on any atom is -0.314 e. The van der Waals surface area contributed by atoms with Gasteiger partial charge in [-0.3, -0.25) is 0 Å². The summed E-state index contributed by atoms with van der Waals surface area (Å²) in [6, 6.07) is 0.678. The lowest BCUT2D eigenvalue weighted by Gasteiger charge is -2.25. The molecule has 0 aromatic carbocycles. The first-order chi connectivity index (χ1) is 8.67. The van der Waals surface area contributed by atoms with Crippen LogP contribution in [0.25, 0.3) is 0 Å². The van der Waals surface area contributed by atoms with E-state index in [1.165, 1.54) is 51.7 Å². The van der Waals surface area contributed by atoms with E-state index in [0.29, 0.717) is 6.04 Å². The zero-order valence-corrected chi connectivity index (χ0v) is 13.5. The summed E-state index contributed by atoms with van der Waals surface area (Å²) in [6.07, 6.45) is 6.51. The number of hydrogen-bond donors (Lipinski definition) is 1. The first kappa shape index (κ1) is 17.9. The highest BCUT2D eigenvalue weighted by Crippen LogP contribution is 2.10. The molecule has 2 heteroatoms. The lowest BCUT2D eigenvalue weighted by molar-refractivity contribution is 0.227. The van der Waals surface area contributed by atoms with Crippen LogP contribution in [0.15, 0.2) is 0 Å². The van der Waals surface area contributed by atoms with Gasteiger partial charge in [0.15, 0.2) is 0 Å². The predicted molar refractivity (Wildman–Crippen MR) is 83.2 cm³/mol. The summed E-state index contributed by atoms with van der Waals surface area (Å²) in [5.41, 5.74) is 0. The van der Waals surface area contributed by atoms with Crippen molar-refractivity contribution in [2.24, 2.45) is 5.92 Å². The third-order valence-electron chi connectivity index (χ3n) is 3.97. The van der Waals surface area contributed by atoms with E-state index in [-0.39, 0.29) is 0 Å². The van der Waals surface area contributed by atoms with Crippen LogP contribution >= 0.6 is 0 Å². The summed E-state index contributed by atoms with van der Waals surface area (Å²) in [7, 11) is 0. The van der Waals surface area contributed by atoms with Gasteiger partial charge in [-0.25, -0.2) is 0 Å². The van der Waals surface area contributed by atoms with Gasteiger partial charge in [-0.15, -0.1) is 0 Å². The lowest BCUT2D eigenvalue weighted by Crippen LogP contribution is -2.32. The summed E-state index contributed by atoms with van der Waals surface area (Å²) in [4.78, 5) is 2.63. The van der Waals surface area contributed by atoms with Crippen molar-refractivity contribution >= 4 is 0 Å². The van der Waals surface area contributed by atoms with Crippen molar-refractivity contribution in [1.29, 1.82) is 0 Å². The lowest BCUT2D eigenvalue weighted by atomic mass is 10.0. The maximum absolute atomic E-state index is 3.57. The van der Waals surface area contributed by atoms with Gasteiger partial charge in [0.05, 0.1) is 0 Å². The van der Waals surface area contributed by atoms with Crippen LogP contribution in [0, 0.1) is 5.92 Å². The average molecular weight is 256 g/mol. The minimum absolute atomic E-state index is 0.678. The summed E-state index contributed by atoms with van der Waals surface area (Å²) in [5.74, 6) is 0.889. The molecule has 18 heavy (non-hydrogen) atoms. The molecule has 1 N–H and O–H groups in total. The Morgan fingerprint density at radius 2 is 1.72 bits per heavy atom. The molecule has 0 aromatic heterocycles. The Morgan fingerprint density at radius 3 is 2.22 bits per heavy atom. The molecule has 0 bridgehead atoms. The Balaban J connectivity index is 3.72. The van der Waals surface area contributed by atoms with Gasteiger partial charge < -0.3 is 10.2 Å². The molecule has 1 atom stereocenters. The van der Waals surface area contributed by atoms with Crippen LogP contribution in [0.5, 0.6) is 0 Å². The van der Waals surface area contributed by atoms with E-state index in [1.54, 1.807) is 0 Å². The van der Waals surface area contributed by atoms with Crippen LogP contribution < -0.4 is 5.32 Å². The molecule has 0 aliphatic rings. The Kier molecular flexibility index (Phi) is 11.9.